The van der Waals surface area contributed by atoms with Crippen molar-refractivity contribution in [3.63, 3.8) is 0 Å². The molecule has 1 saturated heterocycles. The van der Waals surface area contributed by atoms with Gasteiger partial charge >= 0.3 is 0 Å². The number of nitrogens with zero attached hydrogens (tertiary/aromatic N) is 2. The van der Waals surface area contributed by atoms with Crippen LogP contribution in [-0.4, -0.2) is 41.8 Å². The molecule has 0 amide bonds. The van der Waals surface area contributed by atoms with Crippen LogP contribution in [-0.2, 0) is 0 Å². The smallest absolute Gasteiger partial charge is 0.140 e. The van der Waals surface area contributed by atoms with Gasteiger partial charge in [0.05, 0.1) is 17.5 Å². The van der Waals surface area contributed by atoms with Crippen LogP contribution in [0.1, 0.15) is 33.7 Å². The Balaban J connectivity index is 1.95. The fourth-order valence-corrected chi connectivity index (χ4v) is 3.39. The predicted molar refractivity (Wildman–Crippen MR) is 122 cm³/mol. The molecule has 3 aromatic rings. The van der Waals surface area contributed by atoms with Gasteiger partial charge in [0.1, 0.15) is 43.7 Å². The first-order chi connectivity index (χ1) is 18.5. The van der Waals surface area contributed by atoms with Crippen LogP contribution in [0.5, 0.6) is 0 Å². The van der Waals surface area contributed by atoms with E-state index >= 15 is 0 Å². The SMILES string of the molecule is [2H]C1([2H])C([2H])([2H])[N+]([O-])(C(c2ccc(F)cc2)c2ccc(F)cc2)C([2H])([2H])C([2H])([2H])[N+]1([O-])C/C=C/c1ccccc1. The average Bonchev–Trinajstić information content (AvgIpc) is 2.90. The minimum Gasteiger partial charge on any atom is -0.632 e. The van der Waals surface area contributed by atoms with Crippen molar-refractivity contribution >= 4 is 6.08 Å². The molecule has 166 valence electrons. The van der Waals surface area contributed by atoms with E-state index in [0.29, 0.717) is 5.56 Å². The van der Waals surface area contributed by atoms with Crippen molar-refractivity contribution in [3.8, 4) is 0 Å². The molecule has 0 aliphatic carbocycles. The number of hydrogen-bond donors (Lipinski definition) is 0. The molecule has 1 aliphatic heterocycles. The molecule has 6 heteroatoms. The van der Waals surface area contributed by atoms with E-state index in [1.807, 2.05) is 0 Å². The molecule has 0 unspecified atom stereocenters. The van der Waals surface area contributed by atoms with Gasteiger partial charge < -0.3 is 19.7 Å². The highest BCUT2D eigenvalue weighted by Crippen LogP contribution is 2.37. The Kier molecular flexibility index (Phi) is 4.15. The Morgan fingerprint density at radius 1 is 0.781 bits per heavy atom. The van der Waals surface area contributed by atoms with E-state index in [1.54, 1.807) is 30.3 Å². The van der Waals surface area contributed by atoms with Gasteiger partial charge in [-0.15, -0.1) is 0 Å². The molecule has 0 saturated carbocycles. The van der Waals surface area contributed by atoms with Crippen LogP contribution >= 0.6 is 0 Å². The molecule has 3 aromatic carbocycles. The summed E-state index contributed by atoms with van der Waals surface area (Å²) in [7, 11) is 0. The number of piperazine rings is 1. The fourth-order valence-electron chi connectivity index (χ4n) is 3.39. The largest absolute Gasteiger partial charge is 0.632 e. The maximum Gasteiger partial charge on any atom is 0.140 e. The molecule has 0 atom stereocenters. The van der Waals surface area contributed by atoms with Gasteiger partial charge in [-0.05, 0) is 60.2 Å². The van der Waals surface area contributed by atoms with Gasteiger partial charge in [0.25, 0.3) is 0 Å². The van der Waals surface area contributed by atoms with Crippen LogP contribution in [0.15, 0.2) is 84.9 Å². The molecule has 4 nitrogen and oxygen atoms in total. The molecule has 0 aromatic heterocycles. The predicted octanol–water partition coefficient (Wildman–Crippen LogP) is 5.41. The summed E-state index contributed by atoms with van der Waals surface area (Å²) >= 11 is 0. The van der Waals surface area contributed by atoms with E-state index in [4.69, 9.17) is 11.0 Å². The molecular weight excluding hydrogens is 410 g/mol. The van der Waals surface area contributed by atoms with Crippen LogP contribution < -0.4 is 0 Å². The third kappa shape index (κ3) is 5.11. The van der Waals surface area contributed by atoms with Crippen LogP contribution in [0, 0.1) is 22.0 Å². The highest BCUT2D eigenvalue weighted by molar-refractivity contribution is 5.48. The van der Waals surface area contributed by atoms with Gasteiger partial charge in [0.2, 0.25) is 0 Å². The lowest BCUT2D eigenvalue weighted by molar-refractivity contribution is -0.998. The number of halogens is 2. The maximum absolute atomic E-state index is 14.9. The first-order valence-corrected chi connectivity index (χ1v) is 9.87. The van der Waals surface area contributed by atoms with E-state index in [9.17, 15) is 19.2 Å². The molecule has 1 fully saturated rings. The van der Waals surface area contributed by atoms with Crippen molar-refractivity contribution in [2.24, 2.45) is 0 Å². The molecule has 0 N–H and O–H groups in total. The summed E-state index contributed by atoms with van der Waals surface area (Å²) in [5.41, 5.74) is 0.175. The minimum absolute atomic E-state index is 0.197. The summed E-state index contributed by atoms with van der Waals surface area (Å²) in [5, 5.41) is 29.0. The van der Waals surface area contributed by atoms with Crippen molar-refractivity contribution in [1.82, 2.24) is 0 Å². The van der Waals surface area contributed by atoms with Crippen LogP contribution in [0.25, 0.3) is 6.08 Å². The molecule has 32 heavy (non-hydrogen) atoms. The normalized spacial score (nSPS) is 33.7. The topological polar surface area (TPSA) is 46.1 Å². The molecule has 1 heterocycles. The Morgan fingerprint density at radius 3 is 1.78 bits per heavy atom. The molecule has 0 radical (unpaired) electrons. The highest BCUT2D eigenvalue weighted by Gasteiger charge is 2.39. The van der Waals surface area contributed by atoms with Crippen molar-refractivity contribution in [2.75, 3.05) is 32.5 Å². The second-order valence-electron chi connectivity index (χ2n) is 7.35. The summed E-state index contributed by atoms with van der Waals surface area (Å²) in [5.74, 6) is -1.48. The molecule has 4 rings (SSSR count). The number of benzene rings is 3. The first kappa shape index (κ1) is 14.3. The average molecular weight is 445 g/mol. The molecule has 1 aliphatic rings. The third-order valence-electron chi connectivity index (χ3n) is 5.00. The van der Waals surface area contributed by atoms with Gasteiger partial charge in [0, 0.05) is 11.1 Å². The molecular formula is C26H26F2N2O2. The van der Waals surface area contributed by atoms with E-state index < -0.39 is 59.5 Å². The number of hydroxylamine groups is 6. The lowest BCUT2D eigenvalue weighted by Crippen LogP contribution is -2.63. The third-order valence-corrected chi connectivity index (χ3v) is 5.00. The Hall–Kier alpha value is -2.90. The van der Waals surface area contributed by atoms with Gasteiger partial charge in [-0.25, -0.2) is 8.78 Å². The maximum atomic E-state index is 14.9. The van der Waals surface area contributed by atoms with Crippen molar-refractivity contribution < 1.29 is 29.0 Å². The van der Waals surface area contributed by atoms with Crippen molar-refractivity contribution in [2.45, 2.75) is 6.04 Å². The van der Waals surface area contributed by atoms with Crippen LogP contribution in [0.3, 0.4) is 0 Å². The standard InChI is InChI=1S/C26H26F2N2O2/c27-24-12-8-22(9-13-24)26(23-10-14-25(28)15-11-23)30(32)19-17-29(31,18-20-30)16-4-7-21-5-2-1-3-6-21/h1-15,26H,16-20H2/b7-4+/i17D2,18D2,19D2,20D2. The minimum atomic E-state index is -3.93. The first-order valence-electron chi connectivity index (χ1n) is 13.9. The van der Waals surface area contributed by atoms with Crippen molar-refractivity contribution in [1.29, 1.82) is 0 Å². The zero-order chi connectivity index (χ0) is 29.8. The summed E-state index contributed by atoms with van der Waals surface area (Å²) < 4.78 is 91.4. The molecule has 0 spiro atoms. The van der Waals surface area contributed by atoms with E-state index in [1.165, 1.54) is 6.08 Å². The zero-order valence-corrected chi connectivity index (χ0v) is 16.9. The quantitative estimate of drug-likeness (QED) is 0.377. The summed E-state index contributed by atoms with van der Waals surface area (Å²) in [6, 6.07) is 14.2. The van der Waals surface area contributed by atoms with E-state index in [-0.39, 0.29) is 11.1 Å². The lowest BCUT2D eigenvalue weighted by atomic mass is 9.95. The van der Waals surface area contributed by atoms with Gasteiger partial charge in [-0.1, -0.05) is 36.4 Å². The van der Waals surface area contributed by atoms with E-state index in [2.05, 4.69) is 0 Å². The Bertz CT molecular complexity index is 1310. The molecule has 0 bridgehead atoms. The number of quaternary nitrogens is 2. The second-order valence-corrected chi connectivity index (χ2v) is 7.35. The van der Waals surface area contributed by atoms with E-state index in [0.717, 1.165) is 54.6 Å². The van der Waals surface area contributed by atoms with Gasteiger partial charge in [0.15, 0.2) is 0 Å². The number of rotatable bonds is 6. The van der Waals surface area contributed by atoms with Crippen molar-refractivity contribution in [3.05, 3.63) is 124 Å². The summed E-state index contributed by atoms with van der Waals surface area (Å²) in [6.45, 7) is -16.6. The highest BCUT2D eigenvalue weighted by atomic mass is 19.1. The summed E-state index contributed by atoms with van der Waals surface area (Å²) in [4.78, 5) is 0. The Labute approximate surface area is 198 Å². The monoisotopic (exact) mass is 444 g/mol. The van der Waals surface area contributed by atoms with Crippen LogP contribution in [0.2, 0.25) is 0 Å². The summed E-state index contributed by atoms with van der Waals surface area (Å²) in [6.07, 6.45) is 2.48. The fraction of sp³-hybridized carbons (Fsp3) is 0.231. The van der Waals surface area contributed by atoms with Gasteiger partial charge in [-0.3, -0.25) is 0 Å². The van der Waals surface area contributed by atoms with Gasteiger partial charge in [-0.2, -0.15) is 0 Å². The number of hydrogen-bond acceptors (Lipinski definition) is 2. The lowest BCUT2D eigenvalue weighted by Gasteiger charge is -2.57. The Morgan fingerprint density at radius 2 is 1.28 bits per heavy atom. The second kappa shape index (κ2) is 9.30. The van der Waals surface area contributed by atoms with Crippen LogP contribution in [0.4, 0.5) is 8.78 Å². The zero-order valence-electron chi connectivity index (χ0n) is 24.9.